The van der Waals surface area contributed by atoms with Crippen molar-refractivity contribution in [2.75, 3.05) is 0 Å². The molecule has 8 aromatic carbocycles. The molecule has 0 radical (unpaired) electrons. The fourth-order valence-corrected chi connectivity index (χ4v) is 9.00. The highest BCUT2D eigenvalue weighted by Crippen LogP contribution is 2.37. The lowest BCUT2D eigenvalue weighted by Crippen LogP contribution is -2.39. The average molecular weight is 676 g/mol. The predicted molar refractivity (Wildman–Crippen MR) is 216 cm³/mol. The van der Waals surface area contributed by atoms with E-state index in [9.17, 15) is 5.41 Å². The van der Waals surface area contributed by atoms with Crippen LogP contribution < -0.4 is 10.6 Å². The summed E-state index contributed by atoms with van der Waals surface area (Å²) in [6, 6.07) is 53.5. The van der Waals surface area contributed by atoms with Crippen molar-refractivity contribution in [2.24, 2.45) is 0 Å². The summed E-state index contributed by atoms with van der Waals surface area (Å²) in [6.07, 6.45) is -0.380. The van der Waals surface area contributed by atoms with E-state index in [1.165, 1.54) is 58.1 Å². The van der Waals surface area contributed by atoms with Crippen LogP contribution in [0.5, 0.6) is 0 Å². The molecule has 4 nitrogen and oxygen atoms in total. The first kappa shape index (κ1) is 29.9. The van der Waals surface area contributed by atoms with E-state index in [1.807, 2.05) is 18.2 Å². The highest BCUT2D eigenvalue weighted by atomic mass is 32.1. The lowest BCUT2D eigenvalue weighted by Gasteiger charge is -2.27. The zero-order chi connectivity index (χ0) is 34.1. The van der Waals surface area contributed by atoms with Crippen molar-refractivity contribution < 1.29 is 4.42 Å². The van der Waals surface area contributed by atoms with Gasteiger partial charge in [-0.3, -0.25) is 10.7 Å². The number of furan rings is 1. The van der Waals surface area contributed by atoms with E-state index < -0.39 is 0 Å². The molecule has 2 atom stereocenters. The fraction of sp³-hybridized carbons (Fsp3) is 0.0652. The van der Waals surface area contributed by atoms with Gasteiger partial charge in [-0.25, -0.2) is 0 Å². The van der Waals surface area contributed by atoms with Crippen LogP contribution in [0, 0.1) is 5.41 Å². The Hall–Kier alpha value is -6.01. The predicted octanol–water partition coefficient (Wildman–Crippen LogP) is 12.4. The van der Waals surface area contributed by atoms with Gasteiger partial charge < -0.3 is 9.73 Å². The molecule has 0 aliphatic heterocycles. The number of rotatable bonds is 6. The van der Waals surface area contributed by atoms with Crippen LogP contribution in [-0.4, -0.2) is 5.84 Å². The molecule has 244 valence electrons. The third-order valence-electron chi connectivity index (χ3n) is 10.4. The van der Waals surface area contributed by atoms with E-state index in [4.69, 9.17) is 4.42 Å². The molecule has 2 heterocycles. The molecule has 0 saturated heterocycles. The molecule has 0 fully saturated rings. The van der Waals surface area contributed by atoms with Gasteiger partial charge in [-0.2, -0.15) is 0 Å². The Labute approximate surface area is 298 Å². The first-order valence-corrected chi connectivity index (χ1v) is 18.2. The minimum absolute atomic E-state index is 0.0625. The Morgan fingerprint density at radius 1 is 0.569 bits per heavy atom. The molecule has 0 bridgehead atoms. The van der Waals surface area contributed by atoms with Crippen LogP contribution in [0.3, 0.4) is 0 Å². The van der Waals surface area contributed by atoms with Gasteiger partial charge in [-0.15, -0.1) is 11.3 Å². The van der Waals surface area contributed by atoms with Gasteiger partial charge in [0.05, 0.1) is 0 Å². The molecule has 10 aromatic rings. The zero-order valence-electron chi connectivity index (χ0n) is 27.9. The van der Waals surface area contributed by atoms with Gasteiger partial charge >= 0.3 is 0 Å². The minimum Gasteiger partial charge on any atom is -0.456 e. The molecule has 2 unspecified atom stereocenters. The van der Waals surface area contributed by atoms with E-state index >= 15 is 0 Å². The smallest absolute Gasteiger partial charge is 0.135 e. The molecular weight excluding hydrogens is 643 g/mol. The summed E-state index contributed by atoms with van der Waals surface area (Å²) in [4.78, 5) is 0. The summed E-state index contributed by atoms with van der Waals surface area (Å²) < 4.78 is 8.77. The van der Waals surface area contributed by atoms with Crippen molar-refractivity contribution >= 4 is 91.6 Å². The highest BCUT2D eigenvalue weighted by molar-refractivity contribution is 7.25. The van der Waals surface area contributed by atoms with Crippen LogP contribution in [0.4, 0.5) is 0 Å². The van der Waals surface area contributed by atoms with E-state index in [1.54, 1.807) is 11.3 Å². The number of hydrogen-bond donors (Lipinski definition) is 3. The lowest BCUT2D eigenvalue weighted by atomic mass is 9.92. The molecule has 0 spiro atoms. The molecule has 0 aliphatic rings. The third kappa shape index (κ3) is 4.96. The summed E-state index contributed by atoms with van der Waals surface area (Å²) in [7, 11) is 0. The third-order valence-corrected chi connectivity index (χ3v) is 11.5. The second kappa shape index (κ2) is 11.8. The number of hydrogen-bond acceptors (Lipinski definition) is 4. The molecule has 3 N–H and O–H groups in total. The van der Waals surface area contributed by atoms with Crippen LogP contribution in [-0.2, 0) is 0 Å². The minimum atomic E-state index is -0.380. The summed E-state index contributed by atoms with van der Waals surface area (Å²) in [5, 5.41) is 29.0. The first-order valence-electron chi connectivity index (χ1n) is 17.4. The number of benzene rings is 8. The van der Waals surface area contributed by atoms with Gasteiger partial charge in [0.1, 0.15) is 23.2 Å². The lowest BCUT2D eigenvalue weighted by molar-refractivity contribution is 0.446. The van der Waals surface area contributed by atoms with E-state index in [2.05, 4.69) is 151 Å². The second-order valence-corrected chi connectivity index (χ2v) is 14.5. The molecule has 0 aliphatic carbocycles. The van der Waals surface area contributed by atoms with Crippen LogP contribution >= 0.6 is 11.3 Å². The standard InChI is InChI=1S/C46H33N3OS/c1-27(32-14-8-10-29-18-21-34-33-11-3-2-9-28(33)17-24-39(34)44(29)32)48-46(31-20-22-36-35-12-4-6-15-40(35)50-41(36)25-31)49-45(47)30-19-23-38-37-13-5-7-16-42(37)51-43(38)26-30/h2-27,46,48H,1H3,(H2,47,49). The van der Waals surface area contributed by atoms with Gasteiger partial charge in [0, 0.05) is 42.6 Å². The largest absolute Gasteiger partial charge is 0.456 e. The first-order chi connectivity index (χ1) is 25.1. The summed E-state index contributed by atoms with van der Waals surface area (Å²) in [5.74, 6) is 0.360. The quantitative estimate of drug-likeness (QED) is 0.0711. The van der Waals surface area contributed by atoms with Gasteiger partial charge in [0.2, 0.25) is 0 Å². The molecule has 51 heavy (non-hydrogen) atoms. The fourth-order valence-electron chi connectivity index (χ4n) is 7.86. The highest BCUT2D eigenvalue weighted by Gasteiger charge is 2.21. The van der Waals surface area contributed by atoms with Gasteiger partial charge in [0.15, 0.2) is 0 Å². The molecular formula is C46H33N3OS. The number of amidine groups is 1. The van der Waals surface area contributed by atoms with E-state index in [-0.39, 0.29) is 12.2 Å². The van der Waals surface area contributed by atoms with E-state index in [0.29, 0.717) is 5.84 Å². The maximum Gasteiger partial charge on any atom is 0.135 e. The van der Waals surface area contributed by atoms with Crippen LogP contribution in [0.2, 0.25) is 0 Å². The Morgan fingerprint density at radius 2 is 1.25 bits per heavy atom. The Kier molecular flexibility index (Phi) is 6.91. The summed E-state index contributed by atoms with van der Waals surface area (Å²) in [5.41, 5.74) is 4.76. The van der Waals surface area contributed by atoms with Crippen molar-refractivity contribution in [3.05, 3.63) is 168 Å². The van der Waals surface area contributed by atoms with Gasteiger partial charge in [-0.05, 0) is 74.6 Å². The summed E-state index contributed by atoms with van der Waals surface area (Å²) >= 11 is 1.77. The number of fused-ring (bicyclic) bond motifs is 11. The monoisotopic (exact) mass is 675 g/mol. The number of thiophene rings is 1. The van der Waals surface area contributed by atoms with Gasteiger partial charge in [0.25, 0.3) is 0 Å². The Balaban J connectivity index is 1.07. The topological polar surface area (TPSA) is 61.0 Å². The summed E-state index contributed by atoms with van der Waals surface area (Å²) in [6.45, 7) is 2.22. The Morgan fingerprint density at radius 3 is 2.18 bits per heavy atom. The van der Waals surface area contributed by atoms with Crippen molar-refractivity contribution in [3.63, 3.8) is 0 Å². The van der Waals surface area contributed by atoms with Crippen molar-refractivity contribution in [1.29, 1.82) is 5.41 Å². The van der Waals surface area contributed by atoms with Crippen LogP contribution in [0.15, 0.2) is 156 Å². The van der Waals surface area contributed by atoms with Gasteiger partial charge in [-0.1, -0.05) is 127 Å². The SMILES string of the molecule is CC(NC(NC(=N)c1ccc2c(c1)sc1ccccc12)c1ccc2c(c1)oc1ccccc12)c1cccc2ccc3c4ccccc4ccc3c12. The van der Waals surface area contributed by atoms with Crippen molar-refractivity contribution in [2.45, 2.75) is 19.1 Å². The number of para-hydroxylation sites is 1. The zero-order valence-corrected chi connectivity index (χ0v) is 28.7. The number of nitrogens with one attached hydrogen (secondary N) is 3. The van der Waals surface area contributed by atoms with Crippen molar-refractivity contribution in [3.8, 4) is 0 Å². The Bertz CT molecular complexity index is 2990. The van der Waals surface area contributed by atoms with Crippen molar-refractivity contribution in [1.82, 2.24) is 10.6 Å². The second-order valence-electron chi connectivity index (χ2n) is 13.4. The molecule has 2 aromatic heterocycles. The maximum absolute atomic E-state index is 9.36. The average Bonchev–Trinajstić information content (AvgIpc) is 3.74. The molecule has 0 amide bonds. The normalized spacial score (nSPS) is 13.2. The maximum atomic E-state index is 9.36. The molecule has 10 rings (SSSR count). The van der Waals surface area contributed by atoms with E-state index in [0.717, 1.165) is 33.1 Å². The molecule has 5 heteroatoms. The van der Waals surface area contributed by atoms with Crippen LogP contribution in [0.25, 0.3) is 74.4 Å². The van der Waals surface area contributed by atoms with Crippen LogP contribution in [0.1, 0.15) is 35.8 Å². The molecule has 0 saturated carbocycles.